The Kier molecular flexibility index (Phi) is 2.98. The maximum Gasteiger partial charge on any atom is 0.145 e. The molecule has 0 radical (unpaired) electrons. The van der Waals surface area contributed by atoms with E-state index in [1.54, 1.807) is 13.0 Å². The molecule has 0 spiro atoms. The molecule has 0 fully saturated rings. The maximum atomic E-state index is 8.52. The molecular weight excluding hydrogens is 232 g/mol. The highest BCUT2D eigenvalue weighted by Crippen LogP contribution is 2.17. The molecule has 0 aliphatic carbocycles. The number of H-pyrrole nitrogens is 1. The fourth-order valence-corrected chi connectivity index (χ4v) is 1.30. The minimum absolute atomic E-state index is 0.406. The monoisotopic (exact) mass is 238 g/mol. The van der Waals surface area contributed by atoms with Crippen LogP contribution in [0, 0.1) is 16.7 Å². The normalized spacial score (nSPS) is 11.0. The van der Waals surface area contributed by atoms with Crippen molar-refractivity contribution in [1.82, 2.24) is 9.97 Å². The molecule has 0 saturated carbocycles. The number of allylic oxidation sites excluding steroid dienone is 1. The second-order valence-corrected chi connectivity index (χ2v) is 3.29. The maximum absolute atomic E-state index is 8.52. The number of nitrogens with one attached hydrogen (secondary N) is 2. The van der Waals surface area contributed by atoms with Gasteiger partial charge in [-0.25, -0.2) is 4.98 Å². The van der Waals surface area contributed by atoms with E-state index < -0.39 is 0 Å². The second-order valence-electron chi connectivity index (χ2n) is 2.43. The zero-order valence-corrected chi connectivity index (χ0v) is 8.51. The van der Waals surface area contributed by atoms with Crippen LogP contribution in [0.15, 0.2) is 12.3 Å². The summed E-state index contributed by atoms with van der Waals surface area (Å²) in [6.45, 7) is 1.66. The Bertz CT molecular complexity index is 397. The van der Waals surface area contributed by atoms with E-state index in [1.807, 2.05) is 6.07 Å². The van der Waals surface area contributed by atoms with Gasteiger partial charge < -0.3 is 10.4 Å². The van der Waals surface area contributed by atoms with Gasteiger partial charge in [0.05, 0.1) is 10.7 Å². The molecule has 1 rings (SSSR count). The Morgan fingerprint density at radius 2 is 2.54 bits per heavy atom. The summed E-state index contributed by atoms with van der Waals surface area (Å²) < 4.78 is 0.668. The molecule has 2 N–H and O–H groups in total. The summed E-state index contributed by atoms with van der Waals surface area (Å²) in [6, 6.07) is 1.94. The molecule has 1 aromatic rings. The summed E-state index contributed by atoms with van der Waals surface area (Å²) in [5.41, 5.74) is 0.824. The molecule has 1 heterocycles. The third-order valence-electron chi connectivity index (χ3n) is 1.27. The predicted molar refractivity (Wildman–Crippen MR) is 53.6 cm³/mol. The van der Waals surface area contributed by atoms with Crippen LogP contribution in [0.3, 0.4) is 0 Å². The number of nitriles is 1. The average molecular weight is 239 g/mol. The van der Waals surface area contributed by atoms with Gasteiger partial charge in [-0.15, -0.1) is 0 Å². The Balaban J connectivity index is 2.97. The van der Waals surface area contributed by atoms with Crippen molar-refractivity contribution in [2.24, 2.45) is 0 Å². The van der Waals surface area contributed by atoms with Crippen LogP contribution in [0.5, 0.6) is 0 Å². The molecule has 0 aliphatic heterocycles. The van der Waals surface area contributed by atoms with Gasteiger partial charge in [-0.3, -0.25) is 0 Å². The molecule has 0 bridgehead atoms. The molecule has 0 aliphatic rings. The largest absolute Gasteiger partial charge is 0.329 e. The molecule has 5 heteroatoms. The molecule has 0 atom stereocenters. The van der Waals surface area contributed by atoms with Crippen LogP contribution in [-0.4, -0.2) is 15.7 Å². The molecule has 4 nitrogen and oxygen atoms in total. The van der Waals surface area contributed by atoms with Crippen LogP contribution in [0.25, 0.3) is 4.48 Å². The molecular formula is C8H7BrN4. The van der Waals surface area contributed by atoms with Crippen LogP contribution < -0.4 is 0 Å². The van der Waals surface area contributed by atoms with E-state index in [9.17, 15) is 0 Å². The van der Waals surface area contributed by atoms with Crippen LogP contribution in [-0.2, 0) is 0 Å². The Hall–Kier alpha value is -1.41. The van der Waals surface area contributed by atoms with E-state index in [-0.39, 0.29) is 0 Å². The van der Waals surface area contributed by atoms with Crippen LogP contribution >= 0.6 is 15.9 Å². The molecule has 13 heavy (non-hydrogen) atoms. The number of imidazole rings is 1. The summed E-state index contributed by atoms with van der Waals surface area (Å²) in [4.78, 5) is 6.73. The molecule has 0 amide bonds. The lowest BCUT2D eigenvalue weighted by atomic mass is 10.3. The van der Waals surface area contributed by atoms with Crippen LogP contribution in [0.1, 0.15) is 18.4 Å². The third-order valence-corrected chi connectivity index (χ3v) is 1.87. The van der Waals surface area contributed by atoms with Gasteiger partial charge in [-0.05, 0) is 28.9 Å². The van der Waals surface area contributed by atoms with E-state index in [4.69, 9.17) is 10.7 Å². The molecule has 0 unspecified atom stereocenters. The Labute approximate surface area is 83.9 Å². The first-order chi connectivity index (χ1) is 6.13. The van der Waals surface area contributed by atoms with E-state index in [1.165, 1.54) is 6.20 Å². The highest BCUT2D eigenvalue weighted by molar-refractivity contribution is 9.15. The zero-order chi connectivity index (χ0) is 9.84. The van der Waals surface area contributed by atoms with Crippen molar-refractivity contribution in [3.05, 3.63) is 23.8 Å². The van der Waals surface area contributed by atoms with Gasteiger partial charge in [0.15, 0.2) is 0 Å². The van der Waals surface area contributed by atoms with Crippen molar-refractivity contribution in [2.45, 2.75) is 6.92 Å². The Morgan fingerprint density at radius 1 is 1.85 bits per heavy atom. The smallest absolute Gasteiger partial charge is 0.145 e. The van der Waals surface area contributed by atoms with E-state index in [0.717, 1.165) is 0 Å². The SMILES string of the molecule is CC(=N)/C=C(/Br)c1ncc(C#N)[nH]1. The van der Waals surface area contributed by atoms with Gasteiger partial charge in [0, 0.05) is 5.71 Å². The second kappa shape index (κ2) is 4.01. The van der Waals surface area contributed by atoms with Crippen molar-refractivity contribution in [1.29, 1.82) is 10.7 Å². The Morgan fingerprint density at radius 3 is 3.00 bits per heavy atom. The van der Waals surface area contributed by atoms with Crippen molar-refractivity contribution in [2.75, 3.05) is 0 Å². The first-order valence-corrected chi connectivity index (χ1v) is 4.30. The number of hydrogen-bond donors (Lipinski definition) is 2. The summed E-state index contributed by atoms with van der Waals surface area (Å²) >= 11 is 3.25. The van der Waals surface area contributed by atoms with Gasteiger partial charge >= 0.3 is 0 Å². The van der Waals surface area contributed by atoms with E-state index >= 15 is 0 Å². The van der Waals surface area contributed by atoms with Gasteiger partial charge in [0.1, 0.15) is 17.6 Å². The lowest BCUT2D eigenvalue weighted by Crippen LogP contribution is -1.85. The number of halogens is 1. The van der Waals surface area contributed by atoms with E-state index in [2.05, 4.69) is 25.9 Å². The van der Waals surface area contributed by atoms with Crippen molar-refractivity contribution >= 4 is 26.1 Å². The number of nitrogens with zero attached hydrogens (tertiary/aromatic N) is 2. The van der Waals surface area contributed by atoms with Crippen molar-refractivity contribution < 1.29 is 0 Å². The predicted octanol–water partition coefficient (Wildman–Crippen LogP) is 2.06. The lowest BCUT2D eigenvalue weighted by molar-refractivity contribution is 1.25. The molecule has 0 aromatic carbocycles. The quantitative estimate of drug-likeness (QED) is 0.775. The third kappa shape index (κ3) is 2.53. The van der Waals surface area contributed by atoms with Gasteiger partial charge in [0.2, 0.25) is 0 Å². The average Bonchev–Trinajstić information content (AvgIpc) is 2.50. The summed E-state index contributed by atoms with van der Waals surface area (Å²) in [5.74, 6) is 0.558. The minimum Gasteiger partial charge on any atom is -0.329 e. The molecule has 1 aromatic heterocycles. The lowest BCUT2D eigenvalue weighted by Gasteiger charge is -1.91. The fourth-order valence-electron chi connectivity index (χ4n) is 0.758. The number of aromatic nitrogens is 2. The van der Waals surface area contributed by atoms with Gasteiger partial charge in [-0.2, -0.15) is 5.26 Å². The number of aromatic amines is 1. The topological polar surface area (TPSA) is 76.3 Å². The fraction of sp³-hybridized carbons (Fsp3) is 0.125. The first-order valence-electron chi connectivity index (χ1n) is 3.51. The van der Waals surface area contributed by atoms with Crippen LogP contribution in [0.2, 0.25) is 0 Å². The van der Waals surface area contributed by atoms with Gasteiger partial charge in [0.25, 0.3) is 0 Å². The standard InChI is InChI=1S/C8H7BrN4/c1-5(11)2-7(9)8-12-4-6(3-10)13-8/h2,4,11H,1H3,(H,12,13)/b7-2+,11-5?. The summed E-state index contributed by atoms with van der Waals surface area (Å²) in [6.07, 6.45) is 3.06. The minimum atomic E-state index is 0.406. The summed E-state index contributed by atoms with van der Waals surface area (Å²) in [5, 5.41) is 15.7. The van der Waals surface area contributed by atoms with Crippen LogP contribution in [0.4, 0.5) is 0 Å². The molecule has 0 saturated heterocycles. The van der Waals surface area contributed by atoms with E-state index in [0.29, 0.717) is 21.7 Å². The number of hydrogen-bond acceptors (Lipinski definition) is 3. The van der Waals surface area contributed by atoms with Gasteiger partial charge in [-0.1, -0.05) is 0 Å². The molecule has 66 valence electrons. The van der Waals surface area contributed by atoms with Crippen molar-refractivity contribution in [3.63, 3.8) is 0 Å². The highest BCUT2D eigenvalue weighted by atomic mass is 79.9. The summed E-state index contributed by atoms with van der Waals surface area (Å²) in [7, 11) is 0. The number of rotatable bonds is 2. The highest BCUT2D eigenvalue weighted by Gasteiger charge is 2.02. The first kappa shape index (κ1) is 9.68. The zero-order valence-electron chi connectivity index (χ0n) is 6.93. The van der Waals surface area contributed by atoms with Crippen molar-refractivity contribution in [3.8, 4) is 6.07 Å².